The highest BCUT2D eigenvalue weighted by molar-refractivity contribution is 9.10. The summed E-state index contributed by atoms with van der Waals surface area (Å²) in [5.41, 5.74) is 1.78. The van der Waals surface area contributed by atoms with E-state index in [2.05, 4.69) is 22.0 Å². The molecular weight excluding hydrogens is 416 g/mol. The Labute approximate surface area is 163 Å². The van der Waals surface area contributed by atoms with E-state index in [0.29, 0.717) is 27.3 Å². The molecule has 0 unspecified atom stereocenters. The Hall–Kier alpha value is -2.56. The molecule has 0 radical (unpaired) electrons. The second kappa shape index (κ2) is 7.77. The van der Waals surface area contributed by atoms with Crippen LogP contribution in [0.3, 0.4) is 0 Å². The Morgan fingerprint density at radius 1 is 1.27 bits per heavy atom. The number of hydrogen-bond acceptors (Lipinski definition) is 5. The van der Waals surface area contributed by atoms with Crippen LogP contribution in [0.2, 0.25) is 0 Å². The van der Waals surface area contributed by atoms with Crippen LogP contribution in [0.4, 0.5) is 4.79 Å². The van der Waals surface area contributed by atoms with Gasteiger partial charge in [0.25, 0.3) is 11.1 Å². The Kier molecular flexibility index (Phi) is 5.45. The van der Waals surface area contributed by atoms with E-state index in [0.717, 1.165) is 21.1 Å². The monoisotopic (exact) mass is 428 g/mol. The highest BCUT2D eigenvalue weighted by atomic mass is 79.9. The number of thioether (sulfide) groups is 1. The van der Waals surface area contributed by atoms with Gasteiger partial charge in [0.1, 0.15) is 5.75 Å². The number of carbonyl (C=O) groups is 2. The van der Waals surface area contributed by atoms with Gasteiger partial charge in [-0.25, -0.2) is 0 Å². The van der Waals surface area contributed by atoms with Crippen molar-refractivity contribution >= 4 is 44.9 Å². The summed E-state index contributed by atoms with van der Waals surface area (Å²) in [5, 5.41) is 8.82. The van der Waals surface area contributed by atoms with Crippen molar-refractivity contribution in [1.82, 2.24) is 4.90 Å². The molecule has 2 aromatic carbocycles. The normalized spacial score (nSPS) is 15.4. The Balaban J connectivity index is 1.90. The topological polar surface area (TPSA) is 70.4 Å². The van der Waals surface area contributed by atoms with Gasteiger partial charge in [-0.2, -0.15) is 5.26 Å². The molecule has 1 fully saturated rings. The number of halogens is 1. The van der Waals surface area contributed by atoms with Crippen LogP contribution >= 0.6 is 27.7 Å². The first-order valence-corrected chi connectivity index (χ1v) is 9.21. The average molecular weight is 429 g/mol. The van der Waals surface area contributed by atoms with Gasteiger partial charge in [-0.15, -0.1) is 0 Å². The number of hydrogen-bond donors (Lipinski definition) is 0. The fraction of sp³-hybridized carbons (Fsp3) is 0.105. The maximum Gasteiger partial charge on any atom is 0.293 e. The smallest absolute Gasteiger partial charge is 0.293 e. The molecule has 0 N–H and O–H groups in total. The van der Waals surface area contributed by atoms with Gasteiger partial charge in [-0.05, 0) is 47.7 Å². The van der Waals surface area contributed by atoms with E-state index >= 15 is 0 Å². The lowest BCUT2D eigenvalue weighted by molar-refractivity contribution is -0.123. The van der Waals surface area contributed by atoms with Crippen molar-refractivity contribution in [2.75, 3.05) is 7.11 Å². The molecule has 0 saturated carbocycles. The Morgan fingerprint density at radius 2 is 2.04 bits per heavy atom. The van der Waals surface area contributed by atoms with Gasteiger partial charge in [0, 0.05) is 10.0 Å². The molecule has 0 aliphatic carbocycles. The minimum Gasteiger partial charge on any atom is -0.496 e. The van der Waals surface area contributed by atoms with Gasteiger partial charge < -0.3 is 4.74 Å². The third kappa shape index (κ3) is 3.66. The van der Waals surface area contributed by atoms with Crippen LogP contribution in [0.5, 0.6) is 5.75 Å². The van der Waals surface area contributed by atoms with E-state index in [9.17, 15) is 14.9 Å². The van der Waals surface area contributed by atoms with Crippen molar-refractivity contribution < 1.29 is 14.3 Å². The molecule has 2 amide bonds. The number of nitriles is 1. The molecule has 0 bridgehead atoms. The first kappa shape index (κ1) is 18.2. The molecule has 2 aromatic rings. The molecule has 1 saturated heterocycles. The van der Waals surface area contributed by atoms with E-state index in [1.807, 2.05) is 12.1 Å². The number of carbonyl (C=O) groups excluding carboxylic acids is 2. The Morgan fingerprint density at radius 3 is 2.77 bits per heavy atom. The summed E-state index contributed by atoms with van der Waals surface area (Å²) in [5.74, 6) is 0.226. The largest absolute Gasteiger partial charge is 0.496 e. The van der Waals surface area contributed by atoms with Crippen molar-refractivity contribution in [3.05, 3.63) is 68.5 Å². The summed E-state index contributed by atoms with van der Waals surface area (Å²) in [6, 6.07) is 14.4. The predicted octanol–water partition coefficient (Wildman–Crippen LogP) is 4.57. The number of amides is 2. The molecule has 0 aromatic heterocycles. The second-order valence-corrected chi connectivity index (χ2v) is 7.33. The summed E-state index contributed by atoms with van der Waals surface area (Å²) < 4.78 is 6.14. The highest BCUT2D eigenvalue weighted by Crippen LogP contribution is 2.35. The fourth-order valence-corrected chi connectivity index (χ4v) is 3.74. The summed E-state index contributed by atoms with van der Waals surface area (Å²) >= 11 is 4.27. The van der Waals surface area contributed by atoms with Gasteiger partial charge in [0.15, 0.2) is 0 Å². The lowest BCUT2D eigenvalue weighted by Crippen LogP contribution is -2.27. The van der Waals surface area contributed by atoms with E-state index < -0.39 is 0 Å². The molecule has 130 valence electrons. The van der Waals surface area contributed by atoms with Crippen LogP contribution in [0.25, 0.3) is 6.08 Å². The average Bonchev–Trinajstić information content (AvgIpc) is 2.90. The van der Waals surface area contributed by atoms with Crippen LogP contribution in [-0.4, -0.2) is 23.2 Å². The van der Waals surface area contributed by atoms with Crippen LogP contribution in [0, 0.1) is 11.3 Å². The van der Waals surface area contributed by atoms with Gasteiger partial charge in [0.2, 0.25) is 0 Å². The number of benzene rings is 2. The molecule has 0 atom stereocenters. The van der Waals surface area contributed by atoms with Crippen molar-refractivity contribution in [2.45, 2.75) is 6.54 Å². The minimum absolute atomic E-state index is 0.0708. The quantitative estimate of drug-likeness (QED) is 0.667. The van der Waals surface area contributed by atoms with Crippen LogP contribution in [0.15, 0.2) is 51.8 Å². The van der Waals surface area contributed by atoms with Gasteiger partial charge in [0.05, 0.1) is 30.2 Å². The molecule has 1 heterocycles. The maximum absolute atomic E-state index is 12.7. The van der Waals surface area contributed by atoms with Crippen molar-refractivity contribution in [2.24, 2.45) is 0 Å². The third-order valence-electron chi connectivity index (χ3n) is 3.82. The maximum atomic E-state index is 12.7. The lowest BCUT2D eigenvalue weighted by atomic mass is 10.1. The molecule has 1 aliphatic heterocycles. The zero-order valence-electron chi connectivity index (χ0n) is 13.7. The van der Waals surface area contributed by atoms with Crippen molar-refractivity contribution in [1.29, 1.82) is 5.26 Å². The molecule has 3 rings (SSSR count). The zero-order chi connectivity index (χ0) is 18.7. The van der Waals surface area contributed by atoms with Gasteiger partial charge in [-0.3, -0.25) is 14.5 Å². The molecule has 7 heteroatoms. The van der Waals surface area contributed by atoms with Gasteiger partial charge in [-0.1, -0.05) is 34.1 Å². The summed E-state index contributed by atoms with van der Waals surface area (Å²) in [6.07, 6.45) is 1.64. The SMILES string of the molecule is COc1ccc(Br)cc1/C=C1/SC(=O)N(Cc2ccccc2C#N)C1=O. The predicted molar refractivity (Wildman–Crippen MR) is 103 cm³/mol. The van der Waals surface area contributed by atoms with E-state index in [1.54, 1.807) is 43.5 Å². The van der Waals surface area contributed by atoms with Crippen LogP contribution < -0.4 is 4.74 Å². The molecular formula is C19H13BrN2O3S. The van der Waals surface area contributed by atoms with E-state index in [-0.39, 0.29) is 17.7 Å². The summed E-state index contributed by atoms with van der Waals surface area (Å²) in [4.78, 5) is 26.5. The Bertz CT molecular complexity index is 965. The fourth-order valence-electron chi connectivity index (χ4n) is 2.53. The molecule has 1 aliphatic rings. The lowest BCUT2D eigenvalue weighted by Gasteiger charge is -2.13. The molecule has 0 spiro atoms. The second-order valence-electron chi connectivity index (χ2n) is 5.42. The van der Waals surface area contributed by atoms with E-state index in [4.69, 9.17) is 4.74 Å². The van der Waals surface area contributed by atoms with Crippen LogP contribution in [0.1, 0.15) is 16.7 Å². The first-order valence-electron chi connectivity index (χ1n) is 7.60. The first-order chi connectivity index (χ1) is 12.5. The standard InChI is InChI=1S/C19H13BrN2O3S/c1-25-16-7-6-15(20)8-14(16)9-17-18(23)22(19(24)26-17)11-13-5-3-2-4-12(13)10-21/h2-9H,11H2,1H3/b17-9+. The third-order valence-corrected chi connectivity index (χ3v) is 5.22. The number of rotatable bonds is 4. The summed E-state index contributed by atoms with van der Waals surface area (Å²) in [6.45, 7) is 0.0708. The van der Waals surface area contributed by atoms with Gasteiger partial charge >= 0.3 is 0 Å². The number of methoxy groups -OCH3 is 1. The minimum atomic E-state index is -0.380. The van der Waals surface area contributed by atoms with Crippen molar-refractivity contribution in [3.8, 4) is 11.8 Å². The number of imide groups is 1. The van der Waals surface area contributed by atoms with Crippen molar-refractivity contribution in [3.63, 3.8) is 0 Å². The molecule has 26 heavy (non-hydrogen) atoms. The van der Waals surface area contributed by atoms with E-state index in [1.165, 1.54) is 0 Å². The molecule has 5 nitrogen and oxygen atoms in total. The number of nitrogens with zero attached hydrogens (tertiary/aromatic N) is 2. The summed E-state index contributed by atoms with van der Waals surface area (Å²) in [7, 11) is 1.55. The zero-order valence-corrected chi connectivity index (χ0v) is 16.1. The van der Waals surface area contributed by atoms with Crippen LogP contribution in [-0.2, 0) is 11.3 Å². The number of ether oxygens (including phenoxy) is 1. The highest BCUT2D eigenvalue weighted by Gasteiger charge is 2.35.